The molecule has 0 bridgehead atoms. The van der Waals surface area contributed by atoms with Gasteiger partial charge in [0.05, 0.1) is 6.04 Å². The number of hydrogen-bond donors (Lipinski definition) is 1. The van der Waals surface area contributed by atoms with Gasteiger partial charge in [-0.25, -0.2) is 0 Å². The Morgan fingerprint density at radius 1 is 1.09 bits per heavy atom. The van der Waals surface area contributed by atoms with Gasteiger partial charge in [-0.3, -0.25) is 4.79 Å². The number of carbonyl (C=O) groups excluding carboxylic acids is 1. The Bertz CT molecular complexity index is 596. The zero-order chi connectivity index (χ0) is 15.9. The molecule has 2 rings (SSSR count). The van der Waals surface area contributed by atoms with Gasteiger partial charge in [0, 0.05) is 13.6 Å². The summed E-state index contributed by atoms with van der Waals surface area (Å²) in [6, 6.07) is 17.3. The van der Waals surface area contributed by atoms with E-state index >= 15 is 0 Å². The summed E-state index contributed by atoms with van der Waals surface area (Å²) < 4.78 is 5.75. The van der Waals surface area contributed by atoms with Gasteiger partial charge in [0.2, 0.25) is 5.91 Å². The summed E-state index contributed by atoms with van der Waals surface area (Å²) in [5.41, 5.74) is 1.07. The van der Waals surface area contributed by atoms with Crippen molar-refractivity contribution in [1.29, 1.82) is 0 Å². The second-order valence-electron chi connectivity index (χ2n) is 5.26. The fourth-order valence-electron chi connectivity index (χ4n) is 2.09. The fraction of sp³-hybridized carbons (Fsp3) is 0.278. The van der Waals surface area contributed by atoms with Crippen molar-refractivity contribution in [3.8, 4) is 11.5 Å². The minimum absolute atomic E-state index is 0.0760. The highest BCUT2D eigenvalue weighted by Gasteiger charge is 2.15. The molecule has 0 aromatic heterocycles. The van der Waals surface area contributed by atoms with Crippen LogP contribution in [0.25, 0.3) is 0 Å². The molecule has 1 N–H and O–H groups in total. The number of para-hydroxylation sites is 1. The number of ether oxygens (including phenoxy) is 1. The van der Waals surface area contributed by atoms with Crippen LogP contribution in [-0.2, 0) is 11.3 Å². The monoisotopic (exact) mass is 298 g/mol. The lowest BCUT2D eigenvalue weighted by Gasteiger charge is -2.21. The fourth-order valence-corrected chi connectivity index (χ4v) is 2.09. The normalized spacial score (nSPS) is 11.8. The Morgan fingerprint density at radius 3 is 2.27 bits per heavy atom. The van der Waals surface area contributed by atoms with Crippen LogP contribution >= 0.6 is 0 Å². The number of amides is 1. The molecule has 1 amide bonds. The third-order valence-electron chi connectivity index (χ3n) is 3.50. The Morgan fingerprint density at radius 2 is 1.68 bits per heavy atom. The Labute approximate surface area is 131 Å². The van der Waals surface area contributed by atoms with E-state index in [1.165, 1.54) is 0 Å². The van der Waals surface area contributed by atoms with Crippen LogP contribution in [-0.4, -0.2) is 30.9 Å². The number of nitrogens with zero attached hydrogens (tertiary/aromatic N) is 1. The van der Waals surface area contributed by atoms with Gasteiger partial charge in [0.15, 0.2) is 0 Å². The van der Waals surface area contributed by atoms with E-state index in [1.54, 1.807) is 11.9 Å². The van der Waals surface area contributed by atoms with Gasteiger partial charge in [-0.05, 0) is 43.8 Å². The molecule has 0 saturated heterocycles. The molecule has 116 valence electrons. The highest BCUT2D eigenvalue weighted by Crippen LogP contribution is 2.21. The molecular weight excluding hydrogens is 276 g/mol. The van der Waals surface area contributed by atoms with E-state index in [9.17, 15) is 4.79 Å². The van der Waals surface area contributed by atoms with Crippen molar-refractivity contribution in [2.24, 2.45) is 0 Å². The third kappa shape index (κ3) is 4.33. The summed E-state index contributed by atoms with van der Waals surface area (Å²) in [5, 5.41) is 2.96. The van der Waals surface area contributed by atoms with Gasteiger partial charge < -0.3 is 15.0 Å². The molecule has 0 aliphatic rings. The van der Waals surface area contributed by atoms with Crippen molar-refractivity contribution in [2.75, 3.05) is 14.1 Å². The molecule has 2 aromatic carbocycles. The zero-order valence-corrected chi connectivity index (χ0v) is 13.2. The van der Waals surface area contributed by atoms with Crippen molar-refractivity contribution in [1.82, 2.24) is 10.2 Å². The van der Waals surface area contributed by atoms with E-state index in [-0.39, 0.29) is 11.9 Å². The SMILES string of the molecule is CN[C@@H](C)C(=O)N(C)Cc1ccc(Oc2ccccc2)cc1. The molecule has 4 nitrogen and oxygen atoms in total. The van der Waals surface area contributed by atoms with Crippen molar-refractivity contribution >= 4 is 5.91 Å². The maximum absolute atomic E-state index is 12.0. The van der Waals surface area contributed by atoms with E-state index < -0.39 is 0 Å². The first-order chi connectivity index (χ1) is 10.6. The molecule has 0 spiro atoms. The van der Waals surface area contributed by atoms with Crippen LogP contribution in [0, 0.1) is 0 Å². The summed E-state index contributed by atoms with van der Waals surface area (Å²) in [4.78, 5) is 13.7. The Hall–Kier alpha value is -2.33. The molecule has 0 heterocycles. The summed E-state index contributed by atoms with van der Waals surface area (Å²) in [7, 11) is 3.59. The quantitative estimate of drug-likeness (QED) is 0.891. The molecule has 0 aliphatic heterocycles. The zero-order valence-electron chi connectivity index (χ0n) is 13.2. The second kappa shape index (κ2) is 7.61. The van der Waals surface area contributed by atoms with Crippen LogP contribution < -0.4 is 10.1 Å². The van der Waals surface area contributed by atoms with E-state index in [2.05, 4.69) is 5.32 Å². The Balaban J connectivity index is 1.96. The molecule has 2 aromatic rings. The van der Waals surface area contributed by atoms with Gasteiger partial charge in [-0.15, -0.1) is 0 Å². The summed E-state index contributed by atoms with van der Waals surface area (Å²) in [5.74, 6) is 1.67. The lowest BCUT2D eigenvalue weighted by Crippen LogP contribution is -2.41. The Kier molecular flexibility index (Phi) is 5.55. The first kappa shape index (κ1) is 16.0. The summed E-state index contributed by atoms with van der Waals surface area (Å²) >= 11 is 0. The predicted molar refractivity (Wildman–Crippen MR) is 88.0 cm³/mol. The van der Waals surface area contributed by atoms with Crippen LogP contribution in [0.3, 0.4) is 0 Å². The third-order valence-corrected chi connectivity index (χ3v) is 3.50. The van der Waals surface area contributed by atoms with Gasteiger partial charge >= 0.3 is 0 Å². The minimum Gasteiger partial charge on any atom is -0.457 e. The maximum Gasteiger partial charge on any atom is 0.239 e. The van der Waals surface area contributed by atoms with Gasteiger partial charge in [-0.2, -0.15) is 0 Å². The number of benzene rings is 2. The van der Waals surface area contributed by atoms with E-state index in [4.69, 9.17) is 4.74 Å². The number of carbonyl (C=O) groups is 1. The number of likely N-dealkylation sites (N-methyl/N-ethyl adjacent to an activating group) is 2. The molecule has 1 atom stereocenters. The molecule has 0 unspecified atom stereocenters. The molecule has 4 heteroatoms. The maximum atomic E-state index is 12.0. The first-order valence-corrected chi connectivity index (χ1v) is 7.34. The van der Waals surface area contributed by atoms with Crippen LogP contribution in [0.4, 0.5) is 0 Å². The minimum atomic E-state index is -0.175. The van der Waals surface area contributed by atoms with E-state index in [0.717, 1.165) is 17.1 Å². The van der Waals surface area contributed by atoms with Crippen molar-refractivity contribution in [3.05, 3.63) is 60.2 Å². The van der Waals surface area contributed by atoms with Gasteiger partial charge in [0.25, 0.3) is 0 Å². The lowest BCUT2D eigenvalue weighted by molar-refractivity contribution is -0.132. The van der Waals surface area contributed by atoms with Crippen LogP contribution in [0.15, 0.2) is 54.6 Å². The van der Waals surface area contributed by atoms with Crippen LogP contribution in [0.5, 0.6) is 11.5 Å². The molecule has 0 radical (unpaired) electrons. The first-order valence-electron chi connectivity index (χ1n) is 7.34. The molecule has 0 aliphatic carbocycles. The smallest absolute Gasteiger partial charge is 0.239 e. The van der Waals surface area contributed by atoms with E-state index in [0.29, 0.717) is 6.54 Å². The average Bonchev–Trinajstić information content (AvgIpc) is 2.56. The molecular formula is C18H22N2O2. The van der Waals surface area contributed by atoms with Crippen LogP contribution in [0.1, 0.15) is 12.5 Å². The van der Waals surface area contributed by atoms with Crippen molar-refractivity contribution in [3.63, 3.8) is 0 Å². The lowest BCUT2D eigenvalue weighted by atomic mass is 10.2. The highest BCUT2D eigenvalue weighted by atomic mass is 16.5. The highest BCUT2D eigenvalue weighted by molar-refractivity contribution is 5.81. The topological polar surface area (TPSA) is 41.6 Å². The van der Waals surface area contributed by atoms with Gasteiger partial charge in [0.1, 0.15) is 11.5 Å². The molecule has 22 heavy (non-hydrogen) atoms. The number of hydrogen-bond acceptors (Lipinski definition) is 3. The molecule has 0 fully saturated rings. The number of rotatable bonds is 6. The standard InChI is InChI=1S/C18H22N2O2/c1-14(19-2)18(21)20(3)13-15-9-11-17(12-10-15)22-16-7-5-4-6-8-16/h4-12,14,19H,13H2,1-3H3/t14-/m0/s1. The van der Waals surface area contributed by atoms with Crippen LogP contribution in [0.2, 0.25) is 0 Å². The number of nitrogens with one attached hydrogen (secondary N) is 1. The molecule has 0 saturated carbocycles. The van der Waals surface area contributed by atoms with Gasteiger partial charge in [-0.1, -0.05) is 30.3 Å². The second-order valence-corrected chi connectivity index (χ2v) is 5.26. The summed E-state index contributed by atoms with van der Waals surface area (Å²) in [6.45, 7) is 2.44. The van der Waals surface area contributed by atoms with Crippen molar-refractivity contribution < 1.29 is 9.53 Å². The largest absolute Gasteiger partial charge is 0.457 e. The predicted octanol–water partition coefficient (Wildman–Crippen LogP) is 3.05. The van der Waals surface area contributed by atoms with E-state index in [1.807, 2.05) is 68.6 Å². The average molecular weight is 298 g/mol. The summed E-state index contributed by atoms with van der Waals surface area (Å²) in [6.07, 6.45) is 0. The van der Waals surface area contributed by atoms with Crippen molar-refractivity contribution in [2.45, 2.75) is 19.5 Å².